The Morgan fingerprint density at radius 1 is 1.48 bits per heavy atom. The molecule has 1 aliphatic rings. The van der Waals surface area contributed by atoms with Crippen LogP contribution in [0.25, 0.3) is 0 Å². The van der Waals surface area contributed by atoms with Gasteiger partial charge < -0.3 is 20.5 Å². The summed E-state index contributed by atoms with van der Waals surface area (Å²) in [5.74, 6) is 1.22. The van der Waals surface area contributed by atoms with Crippen LogP contribution in [0.4, 0.5) is 17.5 Å². The predicted molar refractivity (Wildman–Crippen MR) is 90.4 cm³/mol. The normalized spacial score (nSPS) is 16.6. The first-order valence-electron chi connectivity index (χ1n) is 7.56. The molecule has 0 spiro atoms. The fourth-order valence-corrected chi connectivity index (χ4v) is 3.10. The fourth-order valence-electron chi connectivity index (χ4n) is 2.91. The van der Waals surface area contributed by atoms with Gasteiger partial charge in [-0.15, -0.1) is 0 Å². The van der Waals surface area contributed by atoms with Crippen LogP contribution in [-0.2, 0) is 4.74 Å². The van der Waals surface area contributed by atoms with Crippen molar-refractivity contribution in [3.63, 3.8) is 0 Å². The SMILES string of the molecule is CCOCCC1CN(c2nc(N)ncc2Cl)c2cc(O)ccc21. The Morgan fingerprint density at radius 2 is 2.30 bits per heavy atom. The van der Waals surface area contributed by atoms with E-state index in [0.717, 1.165) is 17.7 Å². The molecule has 1 unspecified atom stereocenters. The minimum atomic E-state index is 0.170. The fraction of sp³-hybridized carbons (Fsp3) is 0.375. The van der Waals surface area contributed by atoms with Gasteiger partial charge in [0.1, 0.15) is 10.8 Å². The van der Waals surface area contributed by atoms with Crippen LogP contribution in [0.5, 0.6) is 5.75 Å². The Labute approximate surface area is 139 Å². The molecular weight excluding hydrogens is 316 g/mol. The molecule has 1 aliphatic heterocycles. The maximum Gasteiger partial charge on any atom is 0.222 e. The molecule has 0 bridgehead atoms. The van der Waals surface area contributed by atoms with Crippen molar-refractivity contribution in [2.24, 2.45) is 0 Å². The summed E-state index contributed by atoms with van der Waals surface area (Å²) in [5.41, 5.74) is 7.74. The molecule has 1 atom stereocenters. The number of hydrogen-bond donors (Lipinski definition) is 2. The lowest BCUT2D eigenvalue weighted by atomic mass is 9.98. The van der Waals surface area contributed by atoms with Gasteiger partial charge in [-0.2, -0.15) is 4.98 Å². The minimum absolute atomic E-state index is 0.170. The monoisotopic (exact) mass is 334 g/mol. The summed E-state index contributed by atoms with van der Waals surface area (Å²) in [6.07, 6.45) is 2.38. The van der Waals surface area contributed by atoms with E-state index in [1.54, 1.807) is 12.1 Å². The van der Waals surface area contributed by atoms with Gasteiger partial charge in [0.25, 0.3) is 0 Å². The molecule has 1 aromatic carbocycles. The van der Waals surface area contributed by atoms with E-state index in [9.17, 15) is 5.11 Å². The van der Waals surface area contributed by atoms with Crippen LogP contribution in [0.3, 0.4) is 0 Å². The second-order valence-corrected chi connectivity index (χ2v) is 5.84. The smallest absolute Gasteiger partial charge is 0.222 e. The van der Waals surface area contributed by atoms with Crippen molar-refractivity contribution < 1.29 is 9.84 Å². The van der Waals surface area contributed by atoms with E-state index in [0.29, 0.717) is 30.6 Å². The summed E-state index contributed by atoms with van der Waals surface area (Å²) in [6, 6.07) is 5.37. The van der Waals surface area contributed by atoms with E-state index in [4.69, 9.17) is 22.1 Å². The average molecular weight is 335 g/mol. The molecule has 3 rings (SSSR count). The third-order valence-electron chi connectivity index (χ3n) is 3.96. The van der Waals surface area contributed by atoms with Gasteiger partial charge in [0, 0.05) is 37.4 Å². The number of phenols is 1. The standard InChI is InChI=1S/C16H19ClN4O2/c1-2-23-6-5-10-9-21(14-7-11(22)3-4-12(10)14)15-13(17)8-19-16(18)20-15/h3-4,7-8,10,22H,2,5-6,9H2,1H3,(H2,18,19,20). The molecule has 2 heterocycles. The lowest BCUT2D eigenvalue weighted by Crippen LogP contribution is -2.19. The molecule has 7 heteroatoms. The van der Waals surface area contributed by atoms with Gasteiger partial charge in [-0.05, 0) is 25.0 Å². The first-order valence-corrected chi connectivity index (χ1v) is 7.94. The van der Waals surface area contributed by atoms with Crippen molar-refractivity contribution >= 4 is 29.1 Å². The molecule has 122 valence electrons. The number of anilines is 3. The Kier molecular flexibility index (Phi) is 4.54. The molecule has 23 heavy (non-hydrogen) atoms. The van der Waals surface area contributed by atoms with Crippen LogP contribution in [0.15, 0.2) is 24.4 Å². The van der Waals surface area contributed by atoms with E-state index >= 15 is 0 Å². The molecule has 0 saturated carbocycles. The second kappa shape index (κ2) is 6.60. The molecule has 6 nitrogen and oxygen atoms in total. The van der Waals surface area contributed by atoms with E-state index in [1.807, 2.05) is 17.9 Å². The third kappa shape index (κ3) is 3.18. The Balaban J connectivity index is 1.96. The summed E-state index contributed by atoms with van der Waals surface area (Å²) >= 11 is 6.25. The number of phenolic OH excluding ortho intramolecular Hbond substituents is 1. The molecule has 0 saturated heterocycles. The van der Waals surface area contributed by atoms with E-state index in [-0.39, 0.29) is 17.6 Å². The van der Waals surface area contributed by atoms with Crippen LogP contribution >= 0.6 is 11.6 Å². The van der Waals surface area contributed by atoms with Crippen LogP contribution in [-0.4, -0.2) is 34.8 Å². The number of ether oxygens (including phenoxy) is 1. The van der Waals surface area contributed by atoms with Crippen molar-refractivity contribution in [1.29, 1.82) is 0 Å². The lowest BCUT2D eigenvalue weighted by molar-refractivity contribution is 0.140. The van der Waals surface area contributed by atoms with Gasteiger partial charge >= 0.3 is 0 Å². The summed E-state index contributed by atoms with van der Waals surface area (Å²) in [7, 11) is 0. The van der Waals surface area contributed by atoms with Gasteiger partial charge in [0.05, 0.1) is 6.20 Å². The largest absolute Gasteiger partial charge is 0.508 e. The van der Waals surface area contributed by atoms with Crippen molar-refractivity contribution in [3.05, 3.63) is 35.0 Å². The van der Waals surface area contributed by atoms with Crippen LogP contribution in [0, 0.1) is 0 Å². The third-order valence-corrected chi connectivity index (χ3v) is 4.23. The Bertz CT molecular complexity index is 710. The van der Waals surface area contributed by atoms with Crippen LogP contribution in [0.2, 0.25) is 5.02 Å². The minimum Gasteiger partial charge on any atom is -0.508 e. The summed E-state index contributed by atoms with van der Waals surface area (Å²) in [5, 5.41) is 10.3. The summed E-state index contributed by atoms with van der Waals surface area (Å²) in [6.45, 7) is 4.08. The predicted octanol–water partition coefficient (Wildman–Crippen LogP) is 3.08. The van der Waals surface area contributed by atoms with Gasteiger partial charge in [-0.25, -0.2) is 4.98 Å². The molecule has 2 aromatic rings. The zero-order chi connectivity index (χ0) is 16.4. The summed E-state index contributed by atoms with van der Waals surface area (Å²) < 4.78 is 5.48. The molecule has 0 amide bonds. The highest BCUT2D eigenvalue weighted by Gasteiger charge is 2.31. The molecule has 0 fully saturated rings. The van der Waals surface area contributed by atoms with E-state index < -0.39 is 0 Å². The number of hydrogen-bond acceptors (Lipinski definition) is 6. The number of aromatic hydroxyl groups is 1. The molecule has 1 aromatic heterocycles. The van der Waals surface area contributed by atoms with Gasteiger partial charge in [-0.1, -0.05) is 17.7 Å². The van der Waals surface area contributed by atoms with Gasteiger partial charge in [-0.3, -0.25) is 0 Å². The lowest BCUT2D eigenvalue weighted by Gasteiger charge is -2.20. The Hall–Kier alpha value is -2.05. The first-order chi connectivity index (χ1) is 11.1. The molecule has 3 N–H and O–H groups in total. The maximum atomic E-state index is 9.84. The quantitative estimate of drug-likeness (QED) is 0.817. The maximum absolute atomic E-state index is 9.84. The number of aromatic nitrogens is 2. The van der Waals surface area contributed by atoms with E-state index in [2.05, 4.69) is 9.97 Å². The zero-order valence-electron chi connectivity index (χ0n) is 12.9. The molecule has 0 radical (unpaired) electrons. The van der Waals surface area contributed by atoms with Crippen molar-refractivity contribution in [2.45, 2.75) is 19.3 Å². The number of nitrogens with zero attached hydrogens (tertiary/aromatic N) is 3. The highest BCUT2D eigenvalue weighted by molar-refractivity contribution is 6.33. The van der Waals surface area contributed by atoms with Gasteiger partial charge in [0.2, 0.25) is 5.95 Å². The topological polar surface area (TPSA) is 84.5 Å². The zero-order valence-corrected chi connectivity index (χ0v) is 13.6. The van der Waals surface area contributed by atoms with Crippen LogP contribution in [0.1, 0.15) is 24.8 Å². The van der Waals surface area contributed by atoms with Crippen molar-refractivity contribution in [3.8, 4) is 5.75 Å². The number of rotatable bonds is 5. The summed E-state index contributed by atoms with van der Waals surface area (Å²) in [4.78, 5) is 10.1. The number of fused-ring (bicyclic) bond motifs is 1. The molecular formula is C16H19ClN4O2. The van der Waals surface area contributed by atoms with Crippen molar-refractivity contribution in [1.82, 2.24) is 9.97 Å². The number of nitrogen functional groups attached to an aromatic ring is 1. The van der Waals surface area contributed by atoms with E-state index in [1.165, 1.54) is 6.20 Å². The Morgan fingerprint density at radius 3 is 3.09 bits per heavy atom. The highest BCUT2D eigenvalue weighted by Crippen LogP contribution is 2.44. The molecule has 0 aliphatic carbocycles. The van der Waals surface area contributed by atoms with Crippen LogP contribution < -0.4 is 10.6 Å². The first kappa shape index (κ1) is 15.8. The highest BCUT2D eigenvalue weighted by atomic mass is 35.5. The number of halogens is 1. The van der Waals surface area contributed by atoms with Crippen molar-refractivity contribution in [2.75, 3.05) is 30.4 Å². The number of benzene rings is 1. The van der Waals surface area contributed by atoms with Gasteiger partial charge in [0.15, 0.2) is 5.82 Å². The average Bonchev–Trinajstić information content (AvgIpc) is 2.88. The number of nitrogens with two attached hydrogens (primary N) is 1. The second-order valence-electron chi connectivity index (χ2n) is 5.44.